The first kappa shape index (κ1) is 11.8. The summed E-state index contributed by atoms with van der Waals surface area (Å²) >= 11 is 3.39. The SMILES string of the molecule is C=C(c1cccc(Br)c1)C(C)(C)N=[N+]=[N-]. The molecule has 0 saturated carbocycles. The van der Waals surface area contributed by atoms with Gasteiger partial charge in [0, 0.05) is 9.38 Å². The lowest BCUT2D eigenvalue weighted by Crippen LogP contribution is -2.17. The van der Waals surface area contributed by atoms with Crippen LogP contribution in [-0.2, 0) is 0 Å². The lowest BCUT2D eigenvalue weighted by molar-refractivity contribution is 0.670. The number of rotatable bonds is 3. The summed E-state index contributed by atoms with van der Waals surface area (Å²) in [6.07, 6.45) is 0. The zero-order chi connectivity index (χ0) is 11.5. The monoisotopic (exact) mass is 265 g/mol. The molecule has 0 atom stereocenters. The van der Waals surface area contributed by atoms with Crippen molar-refractivity contribution in [2.24, 2.45) is 5.11 Å². The molecular formula is C11H12BrN3. The summed E-state index contributed by atoms with van der Waals surface area (Å²) in [5.74, 6) is 0. The first-order chi connectivity index (χ1) is 6.97. The van der Waals surface area contributed by atoms with Crippen molar-refractivity contribution < 1.29 is 0 Å². The molecule has 1 aromatic carbocycles. The normalized spacial score (nSPS) is 10.6. The van der Waals surface area contributed by atoms with E-state index in [4.69, 9.17) is 5.53 Å². The van der Waals surface area contributed by atoms with E-state index in [2.05, 4.69) is 32.5 Å². The molecule has 0 amide bonds. The molecule has 0 saturated heterocycles. The standard InChI is InChI=1S/C11H12BrN3/c1-8(11(2,3)14-15-13)9-5-4-6-10(12)7-9/h4-7H,1H2,2-3H3. The number of azide groups is 1. The number of benzene rings is 1. The molecule has 0 radical (unpaired) electrons. The van der Waals surface area contributed by atoms with Gasteiger partial charge in [0.25, 0.3) is 0 Å². The molecule has 15 heavy (non-hydrogen) atoms. The molecule has 4 heteroatoms. The Morgan fingerprint density at radius 3 is 2.73 bits per heavy atom. The number of hydrogen-bond acceptors (Lipinski definition) is 1. The van der Waals surface area contributed by atoms with Gasteiger partial charge in [0.15, 0.2) is 0 Å². The van der Waals surface area contributed by atoms with Crippen molar-refractivity contribution in [1.29, 1.82) is 0 Å². The largest absolute Gasteiger partial charge is 0.0946 e. The Labute approximate surface area is 97.6 Å². The van der Waals surface area contributed by atoms with E-state index in [-0.39, 0.29) is 0 Å². The Kier molecular flexibility index (Phi) is 3.56. The summed E-state index contributed by atoms with van der Waals surface area (Å²) in [4.78, 5) is 2.83. The van der Waals surface area contributed by atoms with Crippen molar-refractivity contribution in [3.63, 3.8) is 0 Å². The summed E-state index contributed by atoms with van der Waals surface area (Å²) in [6.45, 7) is 7.66. The van der Waals surface area contributed by atoms with Crippen LogP contribution in [0.4, 0.5) is 0 Å². The maximum Gasteiger partial charge on any atom is 0.0681 e. The number of halogens is 1. The van der Waals surface area contributed by atoms with E-state index in [0.29, 0.717) is 0 Å². The Bertz CT molecular complexity index is 431. The lowest BCUT2D eigenvalue weighted by Gasteiger charge is -2.21. The fourth-order valence-corrected chi connectivity index (χ4v) is 1.60. The van der Waals surface area contributed by atoms with Gasteiger partial charge in [-0.25, -0.2) is 0 Å². The number of hydrogen-bond donors (Lipinski definition) is 0. The van der Waals surface area contributed by atoms with Gasteiger partial charge in [-0.1, -0.05) is 53.6 Å². The maximum absolute atomic E-state index is 8.46. The second kappa shape index (κ2) is 4.51. The minimum atomic E-state index is -0.602. The first-order valence-electron chi connectivity index (χ1n) is 4.49. The third-order valence-electron chi connectivity index (χ3n) is 2.21. The van der Waals surface area contributed by atoms with Crippen LogP contribution in [0.3, 0.4) is 0 Å². The van der Waals surface area contributed by atoms with Crippen molar-refractivity contribution in [2.45, 2.75) is 19.4 Å². The van der Waals surface area contributed by atoms with Gasteiger partial charge >= 0.3 is 0 Å². The van der Waals surface area contributed by atoms with Crippen LogP contribution in [0, 0.1) is 0 Å². The topological polar surface area (TPSA) is 48.8 Å². The molecule has 0 unspecified atom stereocenters. The number of nitrogens with zero attached hydrogens (tertiary/aromatic N) is 3. The summed E-state index contributed by atoms with van der Waals surface area (Å²) in [5, 5.41) is 3.73. The molecular weight excluding hydrogens is 254 g/mol. The highest BCUT2D eigenvalue weighted by Crippen LogP contribution is 2.29. The van der Waals surface area contributed by atoms with Gasteiger partial charge in [-0.15, -0.1) is 0 Å². The summed E-state index contributed by atoms with van der Waals surface area (Å²) in [7, 11) is 0. The summed E-state index contributed by atoms with van der Waals surface area (Å²) in [5.41, 5.74) is 9.64. The van der Waals surface area contributed by atoms with Crippen molar-refractivity contribution in [1.82, 2.24) is 0 Å². The third kappa shape index (κ3) is 2.85. The second-order valence-electron chi connectivity index (χ2n) is 3.74. The van der Waals surface area contributed by atoms with Gasteiger partial charge in [-0.05, 0) is 28.8 Å². The fourth-order valence-electron chi connectivity index (χ4n) is 1.20. The molecule has 78 valence electrons. The van der Waals surface area contributed by atoms with E-state index < -0.39 is 5.54 Å². The van der Waals surface area contributed by atoms with E-state index in [0.717, 1.165) is 15.6 Å². The Morgan fingerprint density at radius 1 is 1.53 bits per heavy atom. The first-order valence-corrected chi connectivity index (χ1v) is 5.28. The van der Waals surface area contributed by atoms with Gasteiger partial charge in [0.1, 0.15) is 0 Å². The van der Waals surface area contributed by atoms with Crippen LogP contribution in [0.2, 0.25) is 0 Å². The van der Waals surface area contributed by atoms with Gasteiger partial charge in [0.05, 0.1) is 5.54 Å². The molecule has 0 aromatic heterocycles. The average molecular weight is 266 g/mol. The molecule has 1 aromatic rings. The van der Waals surface area contributed by atoms with Gasteiger partial charge < -0.3 is 0 Å². The smallest absolute Gasteiger partial charge is 0.0681 e. The van der Waals surface area contributed by atoms with Gasteiger partial charge in [-0.2, -0.15) is 0 Å². The molecule has 0 aliphatic heterocycles. The Morgan fingerprint density at radius 2 is 2.20 bits per heavy atom. The fraction of sp³-hybridized carbons (Fsp3) is 0.273. The van der Waals surface area contributed by atoms with Crippen LogP contribution in [0.1, 0.15) is 19.4 Å². The van der Waals surface area contributed by atoms with E-state index in [9.17, 15) is 0 Å². The van der Waals surface area contributed by atoms with E-state index >= 15 is 0 Å². The highest BCUT2D eigenvalue weighted by atomic mass is 79.9. The highest BCUT2D eigenvalue weighted by Gasteiger charge is 2.21. The minimum Gasteiger partial charge on any atom is -0.0946 e. The molecule has 0 aliphatic carbocycles. The van der Waals surface area contributed by atoms with Crippen LogP contribution >= 0.6 is 15.9 Å². The molecule has 0 N–H and O–H groups in total. The molecule has 0 spiro atoms. The predicted octanol–water partition coefficient (Wildman–Crippen LogP) is 4.55. The van der Waals surface area contributed by atoms with Crippen LogP contribution < -0.4 is 0 Å². The Hall–Kier alpha value is -1.25. The third-order valence-corrected chi connectivity index (χ3v) is 2.70. The van der Waals surface area contributed by atoms with Crippen molar-refractivity contribution in [3.05, 3.63) is 51.3 Å². The van der Waals surface area contributed by atoms with E-state index in [1.807, 2.05) is 38.1 Å². The van der Waals surface area contributed by atoms with Crippen LogP contribution in [0.5, 0.6) is 0 Å². The molecule has 1 rings (SSSR count). The minimum absolute atomic E-state index is 0.602. The molecule has 0 bridgehead atoms. The molecule has 3 nitrogen and oxygen atoms in total. The molecule has 0 aliphatic rings. The van der Waals surface area contributed by atoms with E-state index in [1.165, 1.54) is 0 Å². The van der Waals surface area contributed by atoms with Crippen molar-refractivity contribution in [2.75, 3.05) is 0 Å². The van der Waals surface area contributed by atoms with Crippen molar-refractivity contribution >= 4 is 21.5 Å². The van der Waals surface area contributed by atoms with Crippen LogP contribution in [0.25, 0.3) is 16.0 Å². The molecule has 0 heterocycles. The summed E-state index contributed by atoms with van der Waals surface area (Å²) < 4.78 is 0.984. The maximum atomic E-state index is 8.46. The van der Waals surface area contributed by atoms with Crippen LogP contribution in [-0.4, -0.2) is 5.54 Å². The van der Waals surface area contributed by atoms with Gasteiger partial charge in [-0.3, -0.25) is 0 Å². The Balaban J connectivity index is 3.09. The zero-order valence-electron chi connectivity index (χ0n) is 8.74. The zero-order valence-corrected chi connectivity index (χ0v) is 10.3. The average Bonchev–Trinajstić information content (AvgIpc) is 2.16. The quantitative estimate of drug-likeness (QED) is 0.437. The highest BCUT2D eigenvalue weighted by molar-refractivity contribution is 9.10. The molecule has 0 fully saturated rings. The van der Waals surface area contributed by atoms with Gasteiger partial charge in [0.2, 0.25) is 0 Å². The predicted molar refractivity (Wildman–Crippen MR) is 66.4 cm³/mol. The van der Waals surface area contributed by atoms with E-state index in [1.54, 1.807) is 0 Å². The van der Waals surface area contributed by atoms with Crippen LogP contribution in [0.15, 0.2) is 40.4 Å². The lowest BCUT2D eigenvalue weighted by atomic mass is 9.90. The second-order valence-corrected chi connectivity index (χ2v) is 4.65. The summed E-state index contributed by atoms with van der Waals surface area (Å²) in [6, 6.07) is 7.77. The van der Waals surface area contributed by atoms with Crippen molar-refractivity contribution in [3.8, 4) is 0 Å².